The summed E-state index contributed by atoms with van der Waals surface area (Å²) in [5.41, 5.74) is 1.10. The van der Waals surface area contributed by atoms with Gasteiger partial charge in [-0.15, -0.1) is 0 Å². The number of halogens is 2. The predicted molar refractivity (Wildman–Crippen MR) is 91.9 cm³/mol. The van der Waals surface area contributed by atoms with Crippen LogP contribution in [0.3, 0.4) is 0 Å². The van der Waals surface area contributed by atoms with Crippen molar-refractivity contribution in [2.75, 3.05) is 26.2 Å². The number of hydrogen-bond donors (Lipinski definition) is 0. The van der Waals surface area contributed by atoms with E-state index in [-0.39, 0.29) is 4.90 Å². The summed E-state index contributed by atoms with van der Waals surface area (Å²) in [5, 5.41) is 0.694. The molecule has 2 aromatic carbocycles. The molecule has 128 valence electrons. The van der Waals surface area contributed by atoms with Crippen LogP contribution in [-0.2, 0) is 16.6 Å². The lowest BCUT2D eigenvalue weighted by atomic mass is 10.2. The largest absolute Gasteiger partial charge is 0.296 e. The molecule has 3 rings (SSSR count). The highest BCUT2D eigenvalue weighted by molar-refractivity contribution is 7.89. The molecular formula is C17H18ClFN2O2S. The zero-order valence-corrected chi connectivity index (χ0v) is 14.6. The van der Waals surface area contributed by atoms with Crippen molar-refractivity contribution in [1.82, 2.24) is 9.21 Å². The number of sulfonamides is 1. The Kier molecular flexibility index (Phi) is 5.20. The van der Waals surface area contributed by atoms with E-state index in [0.717, 1.165) is 18.2 Å². The third-order valence-electron chi connectivity index (χ3n) is 4.06. The molecule has 24 heavy (non-hydrogen) atoms. The van der Waals surface area contributed by atoms with E-state index in [9.17, 15) is 12.8 Å². The molecular weight excluding hydrogens is 351 g/mol. The van der Waals surface area contributed by atoms with Crippen molar-refractivity contribution in [2.45, 2.75) is 11.4 Å². The maximum absolute atomic E-state index is 13.3. The first-order valence-electron chi connectivity index (χ1n) is 7.68. The highest BCUT2D eigenvalue weighted by Crippen LogP contribution is 2.20. The third-order valence-corrected chi connectivity index (χ3v) is 6.19. The molecule has 1 fully saturated rings. The highest BCUT2D eigenvalue weighted by Gasteiger charge is 2.28. The van der Waals surface area contributed by atoms with Crippen LogP contribution in [-0.4, -0.2) is 43.8 Å². The second-order valence-corrected chi connectivity index (χ2v) is 8.14. The Balaban J connectivity index is 1.64. The van der Waals surface area contributed by atoms with Crippen LogP contribution in [0.5, 0.6) is 0 Å². The van der Waals surface area contributed by atoms with Crippen molar-refractivity contribution in [3.63, 3.8) is 0 Å². The lowest BCUT2D eigenvalue weighted by Gasteiger charge is -2.34. The fraction of sp³-hybridized carbons (Fsp3) is 0.294. The van der Waals surface area contributed by atoms with Crippen LogP contribution in [0.25, 0.3) is 0 Å². The maximum Gasteiger partial charge on any atom is 0.243 e. The van der Waals surface area contributed by atoms with E-state index in [2.05, 4.69) is 4.90 Å². The second-order valence-electron chi connectivity index (χ2n) is 5.77. The van der Waals surface area contributed by atoms with E-state index in [1.807, 2.05) is 24.3 Å². The van der Waals surface area contributed by atoms with Gasteiger partial charge in [-0.2, -0.15) is 4.31 Å². The van der Waals surface area contributed by atoms with E-state index in [1.54, 1.807) is 0 Å². The first kappa shape index (κ1) is 17.4. The summed E-state index contributed by atoms with van der Waals surface area (Å²) in [4.78, 5) is 2.19. The number of rotatable bonds is 4. The molecule has 0 atom stereocenters. The number of hydrogen-bond acceptors (Lipinski definition) is 3. The van der Waals surface area contributed by atoms with Crippen LogP contribution in [0.15, 0.2) is 53.4 Å². The maximum atomic E-state index is 13.3. The van der Waals surface area contributed by atoms with Gasteiger partial charge in [0.05, 0.1) is 4.90 Å². The number of nitrogens with zero attached hydrogens (tertiary/aromatic N) is 2. The van der Waals surface area contributed by atoms with E-state index in [1.165, 1.54) is 22.5 Å². The van der Waals surface area contributed by atoms with Crippen molar-refractivity contribution in [3.05, 3.63) is 64.9 Å². The van der Waals surface area contributed by atoms with Crippen molar-refractivity contribution < 1.29 is 12.8 Å². The molecule has 0 aromatic heterocycles. The molecule has 0 saturated carbocycles. The number of benzene rings is 2. The molecule has 0 radical (unpaired) electrons. The summed E-state index contributed by atoms with van der Waals surface area (Å²) in [5.74, 6) is -0.546. The fourth-order valence-electron chi connectivity index (χ4n) is 2.80. The SMILES string of the molecule is O=S(=O)(c1cccc(F)c1)N1CCN(Cc2cccc(Cl)c2)CC1. The van der Waals surface area contributed by atoms with Crippen LogP contribution >= 0.6 is 11.6 Å². The minimum absolute atomic E-state index is 0.00536. The van der Waals surface area contributed by atoms with Crippen molar-refractivity contribution in [2.24, 2.45) is 0 Å². The van der Waals surface area contributed by atoms with Crippen LogP contribution in [0.2, 0.25) is 5.02 Å². The Bertz CT molecular complexity index is 821. The van der Waals surface area contributed by atoms with Crippen molar-refractivity contribution in [3.8, 4) is 0 Å². The first-order chi connectivity index (χ1) is 11.4. The summed E-state index contributed by atoms with van der Waals surface area (Å²) in [6.07, 6.45) is 0. The van der Waals surface area contributed by atoms with E-state index in [0.29, 0.717) is 31.2 Å². The summed E-state index contributed by atoms with van der Waals surface area (Å²) in [6, 6.07) is 12.8. The molecule has 0 amide bonds. The zero-order valence-electron chi connectivity index (χ0n) is 13.0. The number of piperazine rings is 1. The predicted octanol–water partition coefficient (Wildman–Crippen LogP) is 2.99. The molecule has 4 nitrogen and oxygen atoms in total. The van der Waals surface area contributed by atoms with Crippen molar-refractivity contribution >= 4 is 21.6 Å². The topological polar surface area (TPSA) is 40.6 Å². The summed E-state index contributed by atoms with van der Waals surface area (Å²) in [6.45, 7) is 2.76. The molecule has 1 aliphatic heterocycles. The lowest BCUT2D eigenvalue weighted by Crippen LogP contribution is -2.48. The normalized spacial score (nSPS) is 17.1. The van der Waals surface area contributed by atoms with Gasteiger partial charge in [-0.3, -0.25) is 4.90 Å². The smallest absolute Gasteiger partial charge is 0.243 e. The Morgan fingerprint density at radius 2 is 1.71 bits per heavy atom. The van der Waals surface area contributed by atoms with Crippen LogP contribution in [0, 0.1) is 5.82 Å². The van der Waals surface area contributed by atoms with Gasteiger partial charge in [-0.25, -0.2) is 12.8 Å². The third kappa shape index (κ3) is 3.95. The van der Waals surface area contributed by atoms with Gasteiger partial charge in [-0.05, 0) is 35.9 Å². The molecule has 2 aromatic rings. The molecule has 0 N–H and O–H groups in total. The van der Waals surface area contributed by atoms with Gasteiger partial charge in [-0.1, -0.05) is 29.8 Å². The Labute approximate surface area is 146 Å². The second kappa shape index (κ2) is 7.19. The minimum Gasteiger partial charge on any atom is -0.296 e. The Hall–Kier alpha value is -1.47. The summed E-state index contributed by atoms with van der Waals surface area (Å²) in [7, 11) is -3.64. The van der Waals surface area contributed by atoms with Gasteiger partial charge in [0.2, 0.25) is 10.0 Å². The first-order valence-corrected chi connectivity index (χ1v) is 9.49. The molecule has 7 heteroatoms. The van der Waals surface area contributed by atoms with E-state index in [4.69, 9.17) is 11.6 Å². The highest BCUT2D eigenvalue weighted by atomic mass is 35.5. The molecule has 1 saturated heterocycles. The van der Waals surface area contributed by atoms with Crippen LogP contribution in [0.1, 0.15) is 5.56 Å². The molecule has 0 unspecified atom stereocenters. The summed E-state index contributed by atoms with van der Waals surface area (Å²) >= 11 is 5.99. The molecule has 0 spiro atoms. The van der Waals surface area contributed by atoms with Gasteiger partial charge in [0, 0.05) is 37.7 Å². The van der Waals surface area contributed by atoms with Crippen LogP contribution in [0.4, 0.5) is 4.39 Å². The quantitative estimate of drug-likeness (QED) is 0.833. The van der Waals surface area contributed by atoms with Gasteiger partial charge in [0.15, 0.2) is 0 Å². The molecule has 1 heterocycles. The van der Waals surface area contributed by atoms with Crippen LogP contribution < -0.4 is 0 Å². The minimum atomic E-state index is -3.64. The standard InChI is InChI=1S/C17H18ClFN2O2S/c18-15-4-1-3-14(11-15)13-20-7-9-21(10-8-20)24(22,23)17-6-2-5-16(19)12-17/h1-6,11-12H,7-10,13H2. The lowest BCUT2D eigenvalue weighted by molar-refractivity contribution is 0.181. The Morgan fingerprint density at radius 3 is 2.38 bits per heavy atom. The zero-order chi connectivity index (χ0) is 17.2. The Morgan fingerprint density at radius 1 is 1.00 bits per heavy atom. The fourth-order valence-corrected chi connectivity index (χ4v) is 4.47. The van der Waals surface area contributed by atoms with E-state index >= 15 is 0 Å². The monoisotopic (exact) mass is 368 g/mol. The van der Waals surface area contributed by atoms with Gasteiger partial charge < -0.3 is 0 Å². The average Bonchev–Trinajstić information content (AvgIpc) is 2.55. The van der Waals surface area contributed by atoms with Gasteiger partial charge in [0.25, 0.3) is 0 Å². The van der Waals surface area contributed by atoms with Crippen molar-refractivity contribution in [1.29, 1.82) is 0 Å². The average molecular weight is 369 g/mol. The van der Waals surface area contributed by atoms with E-state index < -0.39 is 15.8 Å². The van der Waals surface area contributed by atoms with Gasteiger partial charge in [0.1, 0.15) is 5.82 Å². The van der Waals surface area contributed by atoms with Gasteiger partial charge >= 0.3 is 0 Å². The molecule has 1 aliphatic rings. The molecule has 0 aliphatic carbocycles. The summed E-state index contributed by atoms with van der Waals surface area (Å²) < 4.78 is 39.9. The molecule has 0 bridgehead atoms.